The number of anilines is 1. The Labute approximate surface area is 90.6 Å². The first-order valence-corrected chi connectivity index (χ1v) is 5.12. The van der Waals surface area contributed by atoms with E-state index in [1.807, 2.05) is 32.0 Å². The number of nitrogens with zero attached hydrogens (tertiary/aromatic N) is 1. The molecule has 0 aliphatic carbocycles. The molecule has 1 atom stereocenters. The van der Waals surface area contributed by atoms with Gasteiger partial charge in [0.25, 0.3) is 0 Å². The van der Waals surface area contributed by atoms with Gasteiger partial charge < -0.3 is 14.8 Å². The molecule has 0 saturated heterocycles. The quantitative estimate of drug-likeness (QED) is 0.779. The van der Waals surface area contributed by atoms with Gasteiger partial charge in [0, 0.05) is 19.2 Å². The lowest BCUT2D eigenvalue weighted by molar-refractivity contribution is 0.0855. The van der Waals surface area contributed by atoms with E-state index in [9.17, 15) is 0 Å². The van der Waals surface area contributed by atoms with E-state index < -0.39 is 0 Å². The molecule has 0 aliphatic rings. The molecule has 1 rings (SSSR count). The summed E-state index contributed by atoms with van der Waals surface area (Å²) in [6.07, 6.45) is 0.183. The molecule has 0 bridgehead atoms. The average molecular weight is 210 g/mol. The molecule has 84 valence electrons. The predicted molar refractivity (Wildman–Crippen MR) is 60.4 cm³/mol. The van der Waals surface area contributed by atoms with E-state index in [4.69, 9.17) is 9.47 Å². The minimum Gasteiger partial charge on any atom is -0.481 e. The average Bonchev–Trinajstić information content (AvgIpc) is 2.27. The van der Waals surface area contributed by atoms with Crippen LogP contribution in [0.5, 0.6) is 5.88 Å². The van der Waals surface area contributed by atoms with Crippen LogP contribution in [-0.4, -0.2) is 31.3 Å². The maximum atomic E-state index is 5.40. The van der Waals surface area contributed by atoms with Crippen LogP contribution in [0.1, 0.15) is 13.8 Å². The third-order valence-electron chi connectivity index (χ3n) is 1.95. The Morgan fingerprint density at radius 3 is 2.93 bits per heavy atom. The first-order chi connectivity index (χ1) is 7.26. The summed E-state index contributed by atoms with van der Waals surface area (Å²) in [5, 5.41) is 3.19. The standard InChI is InChI=1S/C11H18N2O2/c1-4-15-9(2)8-12-10-6-5-7-11(13-10)14-3/h5-7,9H,4,8H2,1-3H3,(H,12,13). The van der Waals surface area contributed by atoms with Crippen LogP contribution in [0.15, 0.2) is 18.2 Å². The molecule has 1 unspecified atom stereocenters. The van der Waals surface area contributed by atoms with Crippen molar-refractivity contribution >= 4 is 5.82 Å². The van der Waals surface area contributed by atoms with Crippen LogP contribution in [0.3, 0.4) is 0 Å². The third-order valence-corrected chi connectivity index (χ3v) is 1.95. The van der Waals surface area contributed by atoms with Crippen molar-refractivity contribution in [3.05, 3.63) is 18.2 Å². The van der Waals surface area contributed by atoms with Gasteiger partial charge in [-0.2, -0.15) is 4.98 Å². The van der Waals surface area contributed by atoms with Crippen molar-refractivity contribution in [2.45, 2.75) is 20.0 Å². The number of rotatable bonds is 6. The summed E-state index contributed by atoms with van der Waals surface area (Å²) >= 11 is 0. The maximum Gasteiger partial charge on any atom is 0.214 e. The van der Waals surface area contributed by atoms with E-state index in [1.165, 1.54) is 0 Å². The largest absolute Gasteiger partial charge is 0.481 e. The molecule has 1 heterocycles. The van der Waals surface area contributed by atoms with Gasteiger partial charge in [-0.05, 0) is 19.9 Å². The fourth-order valence-electron chi connectivity index (χ4n) is 1.22. The minimum atomic E-state index is 0.183. The monoisotopic (exact) mass is 210 g/mol. The lowest BCUT2D eigenvalue weighted by Gasteiger charge is -2.13. The number of pyridine rings is 1. The highest BCUT2D eigenvalue weighted by Crippen LogP contribution is 2.10. The molecular formula is C11H18N2O2. The number of hydrogen-bond acceptors (Lipinski definition) is 4. The van der Waals surface area contributed by atoms with Crippen molar-refractivity contribution in [2.75, 3.05) is 25.6 Å². The Morgan fingerprint density at radius 2 is 2.27 bits per heavy atom. The molecule has 1 N–H and O–H groups in total. The summed E-state index contributed by atoms with van der Waals surface area (Å²) < 4.78 is 10.4. The van der Waals surface area contributed by atoms with E-state index >= 15 is 0 Å². The summed E-state index contributed by atoms with van der Waals surface area (Å²) in [6, 6.07) is 5.62. The van der Waals surface area contributed by atoms with Crippen LogP contribution in [0.2, 0.25) is 0 Å². The fourth-order valence-corrected chi connectivity index (χ4v) is 1.22. The Morgan fingerprint density at radius 1 is 1.47 bits per heavy atom. The fraction of sp³-hybridized carbons (Fsp3) is 0.545. The Hall–Kier alpha value is -1.29. The smallest absolute Gasteiger partial charge is 0.214 e. The number of aromatic nitrogens is 1. The van der Waals surface area contributed by atoms with Gasteiger partial charge in [0.15, 0.2) is 0 Å². The number of hydrogen-bond donors (Lipinski definition) is 1. The van der Waals surface area contributed by atoms with E-state index in [2.05, 4.69) is 10.3 Å². The molecule has 0 radical (unpaired) electrons. The molecule has 15 heavy (non-hydrogen) atoms. The molecule has 0 aliphatic heterocycles. The van der Waals surface area contributed by atoms with Crippen LogP contribution >= 0.6 is 0 Å². The van der Waals surface area contributed by atoms with E-state index in [-0.39, 0.29) is 6.10 Å². The Kier molecular flexibility index (Phi) is 4.90. The molecule has 0 amide bonds. The van der Waals surface area contributed by atoms with Crippen molar-refractivity contribution in [1.82, 2.24) is 4.98 Å². The second-order valence-corrected chi connectivity index (χ2v) is 3.21. The normalized spacial score (nSPS) is 12.2. The van der Waals surface area contributed by atoms with Crippen LogP contribution in [0.25, 0.3) is 0 Å². The summed E-state index contributed by atoms with van der Waals surface area (Å²) in [4.78, 5) is 4.23. The van der Waals surface area contributed by atoms with Crippen molar-refractivity contribution in [1.29, 1.82) is 0 Å². The van der Waals surface area contributed by atoms with Gasteiger partial charge in [0.1, 0.15) is 5.82 Å². The van der Waals surface area contributed by atoms with Crippen molar-refractivity contribution in [3.8, 4) is 5.88 Å². The first kappa shape index (κ1) is 11.8. The Balaban J connectivity index is 2.43. The zero-order valence-electron chi connectivity index (χ0n) is 9.49. The summed E-state index contributed by atoms with van der Waals surface area (Å²) in [5.41, 5.74) is 0. The molecule has 0 spiro atoms. The van der Waals surface area contributed by atoms with Crippen molar-refractivity contribution < 1.29 is 9.47 Å². The topological polar surface area (TPSA) is 43.4 Å². The van der Waals surface area contributed by atoms with Crippen molar-refractivity contribution in [3.63, 3.8) is 0 Å². The lowest BCUT2D eigenvalue weighted by Crippen LogP contribution is -2.20. The summed E-state index contributed by atoms with van der Waals surface area (Å²) in [5.74, 6) is 1.42. The van der Waals surface area contributed by atoms with Gasteiger partial charge in [0.05, 0.1) is 13.2 Å². The highest BCUT2D eigenvalue weighted by atomic mass is 16.5. The first-order valence-electron chi connectivity index (χ1n) is 5.12. The number of ether oxygens (including phenoxy) is 2. The van der Waals surface area contributed by atoms with Crippen LogP contribution in [0, 0.1) is 0 Å². The van der Waals surface area contributed by atoms with Gasteiger partial charge in [-0.1, -0.05) is 6.07 Å². The van der Waals surface area contributed by atoms with E-state index in [0.29, 0.717) is 5.88 Å². The molecule has 4 nitrogen and oxygen atoms in total. The summed E-state index contributed by atoms with van der Waals surface area (Å²) in [6.45, 7) is 5.49. The van der Waals surface area contributed by atoms with Crippen molar-refractivity contribution in [2.24, 2.45) is 0 Å². The van der Waals surface area contributed by atoms with Gasteiger partial charge in [0.2, 0.25) is 5.88 Å². The number of methoxy groups -OCH3 is 1. The zero-order chi connectivity index (χ0) is 11.1. The van der Waals surface area contributed by atoms with E-state index in [0.717, 1.165) is 19.0 Å². The van der Waals surface area contributed by atoms with Crippen LogP contribution in [0.4, 0.5) is 5.82 Å². The molecule has 1 aromatic heterocycles. The molecule has 0 fully saturated rings. The second kappa shape index (κ2) is 6.24. The van der Waals surface area contributed by atoms with E-state index in [1.54, 1.807) is 7.11 Å². The van der Waals surface area contributed by atoms with Gasteiger partial charge >= 0.3 is 0 Å². The summed E-state index contributed by atoms with van der Waals surface area (Å²) in [7, 11) is 1.61. The third kappa shape index (κ3) is 4.16. The zero-order valence-corrected chi connectivity index (χ0v) is 9.49. The molecule has 0 aromatic carbocycles. The van der Waals surface area contributed by atoms with Crippen LogP contribution < -0.4 is 10.1 Å². The van der Waals surface area contributed by atoms with Crippen LogP contribution in [-0.2, 0) is 4.74 Å². The number of nitrogens with one attached hydrogen (secondary N) is 1. The molecular weight excluding hydrogens is 192 g/mol. The minimum absolute atomic E-state index is 0.183. The highest BCUT2D eigenvalue weighted by Gasteiger charge is 2.01. The SMILES string of the molecule is CCOC(C)CNc1cccc(OC)n1. The lowest BCUT2D eigenvalue weighted by atomic mass is 10.4. The molecule has 0 saturated carbocycles. The molecule has 4 heteroatoms. The molecule has 1 aromatic rings. The Bertz CT molecular complexity index is 292. The maximum absolute atomic E-state index is 5.40. The van der Waals surface area contributed by atoms with Gasteiger partial charge in [-0.25, -0.2) is 0 Å². The second-order valence-electron chi connectivity index (χ2n) is 3.21. The van der Waals surface area contributed by atoms with Gasteiger partial charge in [-0.15, -0.1) is 0 Å². The predicted octanol–water partition coefficient (Wildman–Crippen LogP) is 1.93. The van der Waals surface area contributed by atoms with Gasteiger partial charge in [-0.3, -0.25) is 0 Å². The highest BCUT2D eigenvalue weighted by molar-refractivity contribution is 5.36.